The second-order valence-electron chi connectivity index (χ2n) is 4.44. The van der Waals surface area contributed by atoms with Crippen LogP contribution in [-0.4, -0.2) is 9.97 Å². The first-order valence-corrected chi connectivity index (χ1v) is 7.34. The summed E-state index contributed by atoms with van der Waals surface area (Å²) in [7, 11) is 0. The third kappa shape index (κ3) is 2.28. The van der Waals surface area contributed by atoms with Crippen LogP contribution in [0.25, 0.3) is 22.4 Å². The maximum Gasteiger partial charge on any atom is 0.138 e. The van der Waals surface area contributed by atoms with E-state index in [2.05, 4.69) is 60.9 Å². The van der Waals surface area contributed by atoms with Gasteiger partial charge in [0.05, 0.1) is 11.2 Å². The first-order chi connectivity index (χ1) is 9.04. The van der Waals surface area contributed by atoms with Crippen molar-refractivity contribution in [2.75, 3.05) is 5.73 Å². The van der Waals surface area contributed by atoms with Gasteiger partial charge in [-0.1, -0.05) is 37.9 Å². The number of nitrogens with one attached hydrogen (secondary N) is 1. The minimum atomic E-state index is 0.666. The van der Waals surface area contributed by atoms with Crippen molar-refractivity contribution in [3.8, 4) is 11.4 Å². The van der Waals surface area contributed by atoms with Crippen LogP contribution in [0, 0.1) is 6.92 Å². The van der Waals surface area contributed by atoms with Crippen LogP contribution in [0.1, 0.15) is 5.56 Å². The van der Waals surface area contributed by atoms with Gasteiger partial charge in [-0.15, -0.1) is 0 Å². The van der Waals surface area contributed by atoms with Crippen molar-refractivity contribution in [1.29, 1.82) is 0 Å². The molecule has 0 spiro atoms. The molecular formula is C14H11Br2N3. The molecule has 0 radical (unpaired) electrons. The number of fused-ring (bicyclic) bond motifs is 1. The molecule has 0 aliphatic heterocycles. The Kier molecular flexibility index (Phi) is 3.11. The molecule has 3 aromatic rings. The number of aryl methyl sites for hydroxylation is 1. The fraction of sp³-hybridized carbons (Fsp3) is 0.0714. The van der Waals surface area contributed by atoms with E-state index in [1.54, 1.807) is 0 Å². The first-order valence-electron chi connectivity index (χ1n) is 5.76. The number of imidazole rings is 1. The van der Waals surface area contributed by atoms with Crippen LogP contribution in [0.2, 0.25) is 0 Å². The molecule has 5 heteroatoms. The predicted octanol–water partition coefficient (Wildman–Crippen LogP) is 4.65. The summed E-state index contributed by atoms with van der Waals surface area (Å²) >= 11 is 6.93. The number of halogens is 2. The highest BCUT2D eigenvalue weighted by Gasteiger charge is 2.11. The van der Waals surface area contributed by atoms with Crippen LogP contribution in [0.5, 0.6) is 0 Å². The maximum atomic E-state index is 5.99. The summed E-state index contributed by atoms with van der Waals surface area (Å²) in [5.74, 6) is 0.832. The van der Waals surface area contributed by atoms with E-state index in [0.717, 1.165) is 31.4 Å². The van der Waals surface area contributed by atoms with Crippen molar-refractivity contribution in [1.82, 2.24) is 9.97 Å². The molecule has 0 aliphatic rings. The van der Waals surface area contributed by atoms with E-state index in [1.807, 2.05) is 18.2 Å². The van der Waals surface area contributed by atoms with Gasteiger partial charge >= 0.3 is 0 Å². The molecule has 3 rings (SSSR count). The van der Waals surface area contributed by atoms with Gasteiger partial charge in [-0.05, 0) is 36.8 Å². The van der Waals surface area contributed by atoms with Gasteiger partial charge in [0.15, 0.2) is 0 Å². The zero-order chi connectivity index (χ0) is 13.6. The molecule has 19 heavy (non-hydrogen) atoms. The van der Waals surface area contributed by atoms with E-state index in [9.17, 15) is 0 Å². The van der Waals surface area contributed by atoms with Gasteiger partial charge in [0.1, 0.15) is 11.3 Å². The molecule has 1 heterocycles. The molecule has 0 fully saturated rings. The van der Waals surface area contributed by atoms with Crippen LogP contribution in [0.3, 0.4) is 0 Å². The second-order valence-corrected chi connectivity index (χ2v) is 6.27. The predicted molar refractivity (Wildman–Crippen MR) is 86.1 cm³/mol. The zero-order valence-electron chi connectivity index (χ0n) is 10.2. The SMILES string of the molecule is Cc1ccc(Br)cc1-c1nc2c(N)cc(Br)cc2[nH]1. The number of aromatic nitrogens is 2. The fourth-order valence-electron chi connectivity index (χ4n) is 2.08. The lowest BCUT2D eigenvalue weighted by Crippen LogP contribution is -1.87. The second kappa shape index (κ2) is 4.65. The molecule has 3 nitrogen and oxygen atoms in total. The maximum absolute atomic E-state index is 5.99. The Hall–Kier alpha value is -1.33. The van der Waals surface area contributed by atoms with Crippen molar-refractivity contribution in [3.63, 3.8) is 0 Å². The summed E-state index contributed by atoms with van der Waals surface area (Å²) < 4.78 is 1.97. The van der Waals surface area contributed by atoms with Gasteiger partial charge in [0, 0.05) is 14.5 Å². The molecule has 0 unspecified atom stereocenters. The third-order valence-corrected chi connectivity index (χ3v) is 3.99. The lowest BCUT2D eigenvalue weighted by Gasteiger charge is -2.02. The van der Waals surface area contributed by atoms with Crippen molar-refractivity contribution >= 4 is 48.6 Å². The van der Waals surface area contributed by atoms with Gasteiger partial charge in [-0.2, -0.15) is 0 Å². The third-order valence-electron chi connectivity index (χ3n) is 3.04. The number of nitrogens with two attached hydrogens (primary N) is 1. The summed E-state index contributed by atoms with van der Waals surface area (Å²) in [6.45, 7) is 2.06. The van der Waals surface area contributed by atoms with Crippen molar-refractivity contribution < 1.29 is 0 Å². The van der Waals surface area contributed by atoms with Gasteiger partial charge in [-0.3, -0.25) is 0 Å². The van der Waals surface area contributed by atoms with E-state index in [-0.39, 0.29) is 0 Å². The van der Waals surface area contributed by atoms with E-state index in [4.69, 9.17) is 5.73 Å². The molecule has 0 bridgehead atoms. The number of aromatic amines is 1. The first kappa shape index (κ1) is 12.7. The Morgan fingerprint density at radius 3 is 2.68 bits per heavy atom. The van der Waals surface area contributed by atoms with E-state index >= 15 is 0 Å². The molecule has 0 saturated heterocycles. The number of rotatable bonds is 1. The smallest absolute Gasteiger partial charge is 0.138 e. The van der Waals surface area contributed by atoms with Crippen LogP contribution in [0.15, 0.2) is 39.3 Å². The number of nitrogen functional groups attached to an aromatic ring is 1. The number of anilines is 1. The molecule has 96 valence electrons. The van der Waals surface area contributed by atoms with E-state index < -0.39 is 0 Å². The van der Waals surface area contributed by atoms with Crippen molar-refractivity contribution in [2.24, 2.45) is 0 Å². The van der Waals surface area contributed by atoms with Crippen LogP contribution < -0.4 is 5.73 Å². The Balaban J connectivity index is 2.26. The lowest BCUT2D eigenvalue weighted by molar-refractivity contribution is 1.30. The quantitative estimate of drug-likeness (QED) is 0.604. The average molecular weight is 381 g/mol. The molecular weight excluding hydrogens is 370 g/mol. The Morgan fingerprint density at radius 2 is 1.89 bits per heavy atom. The highest BCUT2D eigenvalue weighted by atomic mass is 79.9. The monoisotopic (exact) mass is 379 g/mol. The summed E-state index contributed by atoms with van der Waals surface area (Å²) in [6, 6.07) is 9.98. The molecule has 3 N–H and O–H groups in total. The molecule has 2 aromatic carbocycles. The Morgan fingerprint density at radius 1 is 1.11 bits per heavy atom. The van der Waals surface area contributed by atoms with Crippen LogP contribution in [-0.2, 0) is 0 Å². The average Bonchev–Trinajstić information content (AvgIpc) is 2.76. The van der Waals surface area contributed by atoms with Gasteiger partial charge in [0.25, 0.3) is 0 Å². The molecule has 0 aliphatic carbocycles. The minimum Gasteiger partial charge on any atom is -0.397 e. The van der Waals surface area contributed by atoms with E-state index in [1.165, 1.54) is 5.56 Å². The number of H-pyrrole nitrogens is 1. The summed E-state index contributed by atoms with van der Waals surface area (Å²) in [5, 5.41) is 0. The molecule has 1 aromatic heterocycles. The van der Waals surface area contributed by atoms with Gasteiger partial charge < -0.3 is 10.7 Å². The summed E-state index contributed by atoms with van der Waals surface area (Å²) in [4.78, 5) is 7.92. The molecule has 0 atom stereocenters. The minimum absolute atomic E-state index is 0.666. The van der Waals surface area contributed by atoms with Crippen molar-refractivity contribution in [3.05, 3.63) is 44.8 Å². The standard InChI is InChI=1S/C14H11Br2N3/c1-7-2-3-8(15)4-10(7)14-18-12-6-9(16)5-11(17)13(12)19-14/h2-6H,17H2,1H3,(H,18,19). The Labute approximate surface area is 127 Å². The number of nitrogens with zero attached hydrogens (tertiary/aromatic N) is 1. The largest absolute Gasteiger partial charge is 0.397 e. The lowest BCUT2D eigenvalue weighted by atomic mass is 10.1. The zero-order valence-corrected chi connectivity index (χ0v) is 13.3. The number of hydrogen-bond acceptors (Lipinski definition) is 2. The van der Waals surface area contributed by atoms with Crippen LogP contribution >= 0.6 is 31.9 Å². The molecule has 0 saturated carbocycles. The van der Waals surface area contributed by atoms with E-state index in [0.29, 0.717) is 5.69 Å². The summed E-state index contributed by atoms with van der Waals surface area (Å²) in [5.41, 5.74) is 10.6. The number of benzene rings is 2. The normalized spacial score (nSPS) is 11.1. The number of hydrogen-bond donors (Lipinski definition) is 2. The Bertz CT molecular complexity index is 778. The topological polar surface area (TPSA) is 54.7 Å². The highest BCUT2D eigenvalue weighted by molar-refractivity contribution is 9.10. The highest BCUT2D eigenvalue weighted by Crippen LogP contribution is 2.30. The fourth-order valence-corrected chi connectivity index (χ4v) is 2.92. The van der Waals surface area contributed by atoms with Gasteiger partial charge in [0.2, 0.25) is 0 Å². The van der Waals surface area contributed by atoms with Gasteiger partial charge in [-0.25, -0.2) is 4.98 Å². The summed E-state index contributed by atoms with van der Waals surface area (Å²) in [6.07, 6.45) is 0. The molecule has 0 amide bonds. The van der Waals surface area contributed by atoms with Crippen LogP contribution in [0.4, 0.5) is 5.69 Å². The van der Waals surface area contributed by atoms with Crippen molar-refractivity contribution in [2.45, 2.75) is 6.92 Å².